The predicted molar refractivity (Wildman–Crippen MR) is 125 cm³/mol. The molecule has 2 aromatic carbocycles. The summed E-state index contributed by atoms with van der Waals surface area (Å²) < 4.78 is 13.2. The number of benzene rings is 2. The van der Waals surface area contributed by atoms with Crippen LogP contribution in [0.5, 0.6) is 0 Å². The fourth-order valence-electron chi connectivity index (χ4n) is 4.40. The standard InChI is InChI=1S/C26H29FN4O/c1-3-25(32)31(24-17-28-26(29-18-24)21-9-11-22(27)12-10-21)23-13-15-30(16-14-23)19(2)20-7-5-4-6-8-20/h4-12,17-19,23H,3,13-16H2,1-2H3. The molecule has 4 rings (SSSR count). The lowest BCUT2D eigenvalue weighted by atomic mass is 9.98. The molecule has 1 fully saturated rings. The zero-order valence-electron chi connectivity index (χ0n) is 18.6. The van der Waals surface area contributed by atoms with E-state index in [1.54, 1.807) is 24.5 Å². The van der Waals surface area contributed by atoms with Crippen LogP contribution in [0.15, 0.2) is 67.0 Å². The Hall–Kier alpha value is -3.12. The molecule has 0 spiro atoms. The van der Waals surface area contributed by atoms with Gasteiger partial charge in [0, 0.05) is 37.2 Å². The van der Waals surface area contributed by atoms with E-state index in [9.17, 15) is 9.18 Å². The minimum absolute atomic E-state index is 0.0812. The molecule has 0 N–H and O–H groups in total. The van der Waals surface area contributed by atoms with E-state index in [4.69, 9.17) is 0 Å². The molecular formula is C26H29FN4O. The molecule has 0 bridgehead atoms. The summed E-state index contributed by atoms with van der Waals surface area (Å²) in [5.74, 6) is 0.305. The fraction of sp³-hybridized carbons (Fsp3) is 0.346. The Labute approximate surface area is 188 Å². The van der Waals surface area contributed by atoms with E-state index < -0.39 is 0 Å². The van der Waals surface area contributed by atoms with Gasteiger partial charge in [0.05, 0.1) is 18.1 Å². The van der Waals surface area contributed by atoms with E-state index in [1.165, 1.54) is 17.7 Å². The lowest BCUT2D eigenvalue weighted by Gasteiger charge is -2.40. The van der Waals surface area contributed by atoms with Gasteiger partial charge >= 0.3 is 0 Å². The van der Waals surface area contributed by atoms with Gasteiger partial charge in [0.1, 0.15) is 5.82 Å². The highest BCUT2D eigenvalue weighted by molar-refractivity contribution is 5.93. The highest BCUT2D eigenvalue weighted by Gasteiger charge is 2.30. The van der Waals surface area contributed by atoms with Crippen molar-refractivity contribution in [2.45, 2.75) is 45.2 Å². The van der Waals surface area contributed by atoms with Gasteiger partial charge in [-0.1, -0.05) is 37.3 Å². The molecule has 32 heavy (non-hydrogen) atoms. The summed E-state index contributed by atoms with van der Waals surface area (Å²) in [5.41, 5.74) is 2.78. The second-order valence-electron chi connectivity index (χ2n) is 8.24. The monoisotopic (exact) mass is 432 g/mol. The van der Waals surface area contributed by atoms with Crippen molar-refractivity contribution >= 4 is 11.6 Å². The van der Waals surface area contributed by atoms with Gasteiger partial charge in [-0.05, 0) is 49.6 Å². The summed E-state index contributed by atoms with van der Waals surface area (Å²) in [6, 6.07) is 17.1. The van der Waals surface area contributed by atoms with E-state index in [0.717, 1.165) is 37.2 Å². The van der Waals surface area contributed by atoms with Crippen molar-refractivity contribution in [1.82, 2.24) is 14.9 Å². The third-order valence-corrected chi connectivity index (χ3v) is 6.28. The summed E-state index contributed by atoms with van der Waals surface area (Å²) in [6.45, 7) is 5.99. The molecule has 5 nitrogen and oxygen atoms in total. The Kier molecular flexibility index (Phi) is 6.90. The van der Waals surface area contributed by atoms with Gasteiger partial charge in [0.25, 0.3) is 0 Å². The van der Waals surface area contributed by atoms with E-state index in [0.29, 0.717) is 18.3 Å². The molecule has 1 amide bonds. The average molecular weight is 433 g/mol. The average Bonchev–Trinajstić information content (AvgIpc) is 2.85. The highest BCUT2D eigenvalue weighted by atomic mass is 19.1. The number of piperidine rings is 1. The van der Waals surface area contributed by atoms with E-state index >= 15 is 0 Å². The number of aromatic nitrogens is 2. The van der Waals surface area contributed by atoms with Crippen LogP contribution in [0.1, 0.15) is 44.7 Å². The summed E-state index contributed by atoms with van der Waals surface area (Å²) in [7, 11) is 0. The molecule has 2 heterocycles. The van der Waals surface area contributed by atoms with Crippen LogP contribution >= 0.6 is 0 Å². The van der Waals surface area contributed by atoms with Gasteiger partial charge in [0.15, 0.2) is 5.82 Å². The quantitative estimate of drug-likeness (QED) is 0.534. The van der Waals surface area contributed by atoms with E-state index in [2.05, 4.69) is 46.1 Å². The maximum Gasteiger partial charge on any atom is 0.227 e. The number of anilines is 1. The molecule has 166 valence electrons. The normalized spacial score (nSPS) is 16.0. The number of likely N-dealkylation sites (tertiary alicyclic amines) is 1. The number of rotatable bonds is 6. The van der Waals surface area contributed by atoms with Gasteiger partial charge < -0.3 is 4.90 Å². The van der Waals surface area contributed by atoms with E-state index in [1.807, 2.05) is 17.9 Å². The molecule has 6 heteroatoms. The number of carbonyl (C=O) groups excluding carboxylic acids is 1. The zero-order chi connectivity index (χ0) is 22.5. The summed E-state index contributed by atoms with van der Waals surface area (Å²) >= 11 is 0. The van der Waals surface area contributed by atoms with Crippen LogP contribution < -0.4 is 4.90 Å². The molecule has 0 aliphatic carbocycles. The van der Waals surface area contributed by atoms with Crippen LogP contribution in [0.2, 0.25) is 0 Å². The maximum atomic E-state index is 13.2. The van der Waals surface area contributed by atoms with Crippen LogP contribution in [0.25, 0.3) is 11.4 Å². The highest BCUT2D eigenvalue weighted by Crippen LogP contribution is 2.29. The van der Waals surface area contributed by atoms with Gasteiger partial charge in [-0.15, -0.1) is 0 Å². The molecule has 1 aliphatic heterocycles. The molecule has 1 aliphatic rings. The fourth-order valence-corrected chi connectivity index (χ4v) is 4.40. The predicted octanol–water partition coefficient (Wildman–Crippen LogP) is 5.25. The molecule has 1 aromatic heterocycles. The summed E-state index contributed by atoms with van der Waals surface area (Å²) in [6.07, 6.45) is 5.65. The Balaban J connectivity index is 1.47. The first kappa shape index (κ1) is 22.1. The lowest BCUT2D eigenvalue weighted by Crippen LogP contribution is -2.48. The molecule has 1 atom stereocenters. The van der Waals surface area contributed by atoms with Crippen molar-refractivity contribution in [3.63, 3.8) is 0 Å². The summed E-state index contributed by atoms with van der Waals surface area (Å²) in [5, 5.41) is 0. The van der Waals surface area contributed by atoms with Crippen LogP contribution in [0.3, 0.4) is 0 Å². The molecule has 0 saturated carbocycles. The SMILES string of the molecule is CCC(=O)N(c1cnc(-c2ccc(F)cc2)nc1)C1CCN(C(C)c2ccccc2)CC1. The first-order chi connectivity index (χ1) is 15.6. The number of hydrogen-bond acceptors (Lipinski definition) is 4. The molecule has 1 saturated heterocycles. The second-order valence-corrected chi connectivity index (χ2v) is 8.24. The zero-order valence-corrected chi connectivity index (χ0v) is 18.6. The third-order valence-electron chi connectivity index (χ3n) is 6.28. The Bertz CT molecular complexity index is 1020. The minimum atomic E-state index is -0.294. The van der Waals surface area contributed by atoms with Crippen molar-refractivity contribution < 1.29 is 9.18 Å². The van der Waals surface area contributed by atoms with Gasteiger partial charge in [-0.25, -0.2) is 14.4 Å². The molecule has 3 aromatic rings. The third kappa shape index (κ3) is 4.86. The lowest BCUT2D eigenvalue weighted by molar-refractivity contribution is -0.119. The first-order valence-corrected chi connectivity index (χ1v) is 11.3. The first-order valence-electron chi connectivity index (χ1n) is 11.3. The maximum absolute atomic E-state index is 13.2. The molecule has 1 unspecified atom stereocenters. The van der Waals surface area contributed by atoms with Crippen molar-refractivity contribution in [1.29, 1.82) is 0 Å². The topological polar surface area (TPSA) is 49.3 Å². The molecular weight excluding hydrogens is 403 g/mol. The van der Waals surface area contributed by atoms with Crippen molar-refractivity contribution in [2.75, 3.05) is 18.0 Å². The van der Waals surface area contributed by atoms with Crippen LogP contribution in [0, 0.1) is 5.82 Å². The van der Waals surface area contributed by atoms with Gasteiger partial charge in [-0.2, -0.15) is 0 Å². The van der Waals surface area contributed by atoms with Crippen molar-refractivity contribution in [3.05, 3.63) is 78.4 Å². The van der Waals surface area contributed by atoms with Crippen LogP contribution in [0.4, 0.5) is 10.1 Å². The Morgan fingerprint density at radius 2 is 1.69 bits per heavy atom. The second kappa shape index (κ2) is 10.0. The van der Waals surface area contributed by atoms with Crippen molar-refractivity contribution in [2.24, 2.45) is 0 Å². The van der Waals surface area contributed by atoms with Crippen molar-refractivity contribution in [3.8, 4) is 11.4 Å². The van der Waals surface area contributed by atoms with Crippen LogP contribution in [-0.2, 0) is 4.79 Å². The largest absolute Gasteiger partial charge is 0.306 e. The van der Waals surface area contributed by atoms with Gasteiger partial charge in [0.2, 0.25) is 5.91 Å². The number of nitrogens with zero attached hydrogens (tertiary/aromatic N) is 4. The Morgan fingerprint density at radius 1 is 1.06 bits per heavy atom. The van der Waals surface area contributed by atoms with E-state index in [-0.39, 0.29) is 17.8 Å². The number of amides is 1. The van der Waals surface area contributed by atoms with Gasteiger partial charge in [-0.3, -0.25) is 9.69 Å². The smallest absolute Gasteiger partial charge is 0.227 e. The number of hydrogen-bond donors (Lipinski definition) is 0. The number of carbonyl (C=O) groups is 1. The molecule has 0 radical (unpaired) electrons. The Morgan fingerprint density at radius 3 is 2.28 bits per heavy atom. The minimum Gasteiger partial charge on any atom is -0.306 e. The number of halogens is 1. The summed E-state index contributed by atoms with van der Waals surface area (Å²) in [4.78, 5) is 26.1. The van der Waals surface area contributed by atoms with Crippen LogP contribution in [-0.4, -0.2) is 39.9 Å².